The number of anilines is 1. The van der Waals surface area contributed by atoms with Gasteiger partial charge in [0.25, 0.3) is 0 Å². The molecule has 5 nitrogen and oxygen atoms in total. The number of halogens is 1. The lowest BCUT2D eigenvalue weighted by Gasteiger charge is -2.31. The third-order valence-electron chi connectivity index (χ3n) is 3.83. The van der Waals surface area contributed by atoms with Crippen molar-refractivity contribution in [3.05, 3.63) is 29.6 Å². The van der Waals surface area contributed by atoms with E-state index in [-0.39, 0.29) is 17.3 Å². The highest BCUT2D eigenvalue weighted by Crippen LogP contribution is 2.27. The van der Waals surface area contributed by atoms with Crippen molar-refractivity contribution in [1.82, 2.24) is 4.90 Å². The summed E-state index contributed by atoms with van der Waals surface area (Å²) in [6, 6.07) is 2.96. The number of rotatable bonds is 5. The Morgan fingerprint density at radius 1 is 1.43 bits per heavy atom. The maximum Gasteiger partial charge on any atom is 0.337 e. The fraction of sp³-hybridized carbons (Fsp3) is 0.467. The van der Waals surface area contributed by atoms with Gasteiger partial charge in [0.05, 0.1) is 11.3 Å². The molecule has 0 aliphatic heterocycles. The molecule has 0 aromatic heterocycles. The zero-order chi connectivity index (χ0) is 15.4. The molecule has 0 unspecified atom stereocenters. The first kappa shape index (κ1) is 15.3. The Kier molecular flexibility index (Phi) is 4.77. The predicted octanol–water partition coefficient (Wildman–Crippen LogP) is 3.18. The summed E-state index contributed by atoms with van der Waals surface area (Å²) >= 11 is 0. The van der Waals surface area contributed by atoms with Crippen LogP contribution in [0.15, 0.2) is 18.2 Å². The fourth-order valence-corrected chi connectivity index (χ4v) is 2.34. The molecule has 114 valence electrons. The lowest BCUT2D eigenvalue weighted by atomic mass is 9.85. The van der Waals surface area contributed by atoms with Crippen molar-refractivity contribution in [2.75, 3.05) is 18.4 Å². The Labute approximate surface area is 122 Å². The van der Waals surface area contributed by atoms with Gasteiger partial charge in [0, 0.05) is 13.1 Å². The molecule has 1 aromatic rings. The molecule has 0 saturated heterocycles. The highest BCUT2D eigenvalue weighted by molar-refractivity contribution is 6.00. The highest BCUT2D eigenvalue weighted by Gasteiger charge is 2.23. The van der Waals surface area contributed by atoms with Crippen molar-refractivity contribution in [2.24, 2.45) is 5.92 Å². The number of hydrogen-bond donors (Lipinski definition) is 2. The van der Waals surface area contributed by atoms with E-state index < -0.39 is 11.8 Å². The molecule has 0 atom stereocenters. The summed E-state index contributed by atoms with van der Waals surface area (Å²) in [7, 11) is 0. The molecular weight excluding hydrogens is 275 g/mol. The molecule has 0 heterocycles. The molecule has 2 N–H and O–H groups in total. The molecule has 0 bridgehead atoms. The number of nitrogens with one attached hydrogen (secondary N) is 1. The Hall–Kier alpha value is -2.11. The van der Waals surface area contributed by atoms with E-state index in [1.165, 1.54) is 12.5 Å². The molecule has 2 amide bonds. The van der Waals surface area contributed by atoms with Gasteiger partial charge >= 0.3 is 12.0 Å². The quantitative estimate of drug-likeness (QED) is 0.876. The van der Waals surface area contributed by atoms with Crippen LogP contribution in [0.4, 0.5) is 14.9 Å². The van der Waals surface area contributed by atoms with E-state index in [4.69, 9.17) is 5.11 Å². The third kappa shape index (κ3) is 3.71. The first-order valence-corrected chi connectivity index (χ1v) is 7.10. The molecule has 1 fully saturated rings. The van der Waals surface area contributed by atoms with Gasteiger partial charge in [-0.05, 0) is 43.9 Å². The minimum absolute atomic E-state index is 0.112. The Bertz CT molecular complexity index is 544. The third-order valence-corrected chi connectivity index (χ3v) is 3.83. The summed E-state index contributed by atoms with van der Waals surface area (Å²) in [5, 5.41) is 11.6. The largest absolute Gasteiger partial charge is 0.478 e. The zero-order valence-corrected chi connectivity index (χ0v) is 11.9. The molecule has 1 aromatic carbocycles. The maximum absolute atomic E-state index is 13.1. The van der Waals surface area contributed by atoms with E-state index in [9.17, 15) is 14.0 Å². The topological polar surface area (TPSA) is 69.6 Å². The summed E-state index contributed by atoms with van der Waals surface area (Å²) in [5.41, 5.74) is -0.135. The first-order chi connectivity index (χ1) is 10.0. The maximum atomic E-state index is 13.1. The van der Waals surface area contributed by atoms with Gasteiger partial charge in [-0.2, -0.15) is 0 Å². The van der Waals surface area contributed by atoms with Gasteiger partial charge in [0.1, 0.15) is 5.82 Å². The Morgan fingerprint density at radius 3 is 2.67 bits per heavy atom. The smallest absolute Gasteiger partial charge is 0.337 e. The van der Waals surface area contributed by atoms with Crippen molar-refractivity contribution in [3.63, 3.8) is 0 Å². The molecule has 6 heteroatoms. The highest BCUT2D eigenvalue weighted by atomic mass is 19.1. The normalized spacial score (nSPS) is 14.4. The van der Waals surface area contributed by atoms with Crippen LogP contribution >= 0.6 is 0 Å². The van der Waals surface area contributed by atoms with Crippen molar-refractivity contribution in [2.45, 2.75) is 26.2 Å². The molecule has 1 aliphatic carbocycles. The van der Waals surface area contributed by atoms with Crippen LogP contribution in [0.3, 0.4) is 0 Å². The second-order valence-electron chi connectivity index (χ2n) is 5.26. The SMILES string of the molecule is CCN(CC1CCC1)C(=O)Nc1ccc(F)cc1C(=O)O. The summed E-state index contributed by atoms with van der Waals surface area (Å²) in [6.07, 6.45) is 3.45. The number of carboxylic acids is 1. The van der Waals surface area contributed by atoms with Gasteiger partial charge in [0.2, 0.25) is 0 Å². The van der Waals surface area contributed by atoms with Crippen LogP contribution in [-0.2, 0) is 0 Å². The summed E-state index contributed by atoms with van der Waals surface area (Å²) < 4.78 is 13.1. The minimum Gasteiger partial charge on any atom is -0.478 e. The van der Waals surface area contributed by atoms with Gasteiger partial charge in [0.15, 0.2) is 0 Å². The lowest BCUT2D eigenvalue weighted by molar-refractivity contribution is 0.0697. The Morgan fingerprint density at radius 2 is 2.14 bits per heavy atom. The molecule has 0 radical (unpaired) electrons. The minimum atomic E-state index is -1.27. The molecule has 1 aliphatic rings. The van der Waals surface area contributed by atoms with Crippen LogP contribution in [-0.4, -0.2) is 35.1 Å². The average Bonchev–Trinajstić information content (AvgIpc) is 2.39. The number of urea groups is 1. The van der Waals surface area contributed by atoms with Crippen molar-refractivity contribution >= 4 is 17.7 Å². The van der Waals surface area contributed by atoms with Crippen molar-refractivity contribution < 1.29 is 19.1 Å². The lowest BCUT2D eigenvalue weighted by Crippen LogP contribution is -2.40. The number of carbonyl (C=O) groups excluding carboxylic acids is 1. The van der Waals surface area contributed by atoms with E-state index in [1.54, 1.807) is 4.90 Å². The number of aromatic carboxylic acids is 1. The average molecular weight is 294 g/mol. The molecule has 2 rings (SSSR count). The summed E-state index contributed by atoms with van der Waals surface area (Å²) in [6.45, 7) is 3.10. The molecule has 1 saturated carbocycles. The standard InChI is InChI=1S/C15H19FN2O3/c1-2-18(9-10-4-3-5-10)15(21)17-13-7-6-11(16)8-12(13)14(19)20/h6-8,10H,2-5,9H2,1H3,(H,17,21)(H,19,20). The van der Waals surface area contributed by atoms with Crippen LogP contribution in [0.1, 0.15) is 36.5 Å². The van der Waals surface area contributed by atoms with Gasteiger partial charge in [-0.1, -0.05) is 6.42 Å². The summed E-state index contributed by atoms with van der Waals surface area (Å²) in [4.78, 5) is 25.0. The number of carbonyl (C=O) groups is 2. The number of hydrogen-bond acceptors (Lipinski definition) is 2. The van der Waals surface area contributed by atoms with E-state index in [0.29, 0.717) is 19.0 Å². The Balaban J connectivity index is 2.08. The zero-order valence-electron chi connectivity index (χ0n) is 11.9. The van der Waals surface area contributed by atoms with Gasteiger partial charge < -0.3 is 15.3 Å². The van der Waals surface area contributed by atoms with Crippen LogP contribution in [0.5, 0.6) is 0 Å². The summed E-state index contributed by atoms with van der Waals surface area (Å²) in [5.74, 6) is -1.39. The molecular formula is C15H19FN2O3. The van der Waals surface area contributed by atoms with E-state index in [2.05, 4.69) is 5.32 Å². The number of carboxylic acid groups (broad SMARTS) is 1. The molecule has 0 spiro atoms. The molecule has 21 heavy (non-hydrogen) atoms. The second kappa shape index (κ2) is 6.56. The van der Waals surface area contributed by atoms with Crippen LogP contribution in [0, 0.1) is 11.7 Å². The monoisotopic (exact) mass is 294 g/mol. The van der Waals surface area contributed by atoms with E-state index >= 15 is 0 Å². The number of amides is 2. The van der Waals surface area contributed by atoms with Crippen LogP contribution < -0.4 is 5.32 Å². The van der Waals surface area contributed by atoms with Gasteiger partial charge in [-0.3, -0.25) is 0 Å². The number of nitrogens with zero attached hydrogens (tertiary/aromatic N) is 1. The predicted molar refractivity (Wildman–Crippen MR) is 77.0 cm³/mol. The first-order valence-electron chi connectivity index (χ1n) is 7.10. The van der Waals surface area contributed by atoms with Gasteiger partial charge in [-0.15, -0.1) is 0 Å². The van der Waals surface area contributed by atoms with Crippen molar-refractivity contribution in [3.8, 4) is 0 Å². The fourth-order valence-electron chi connectivity index (χ4n) is 2.34. The van der Waals surface area contributed by atoms with E-state index in [0.717, 1.165) is 25.0 Å². The van der Waals surface area contributed by atoms with Gasteiger partial charge in [-0.25, -0.2) is 14.0 Å². The number of benzene rings is 1. The van der Waals surface area contributed by atoms with Crippen LogP contribution in [0.2, 0.25) is 0 Å². The second-order valence-corrected chi connectivity index (χ2v) is 5.26. The van der Waals surface area contributed by atoms with Crippen LogP contribution in [0.25, 0.3) is 0 Å². The van der Waals surface area contributed by atoms with Crippen molar-refractivity contribution in [1.29, 1.82) is 0 Å². The van der Waals surface area contributed by atoms with E-state index in [1.807, 2.05) is 6.92 Å².